The zero-order valence-corrected chi connectivity index (χ0v) is 14.3. The van der Waals surface area contributed by atoms with Crippen molar-refractivity contribution in [3.8, 4) is 5.75 Å². The molecular weight excluding hydrogens is 376 g/mol. The second kappa shape index (κ2) is 12.4. The van der Waals surface area contributed by atoms with Gasteiger partial charge < -0.3 is 30.6 Å². The molecule has 0 spiro atoms. The summed E-state index contributed by atoms with van der Waals surface area (Å²) in [5, 5.41) is 49.8. The summed E-state index contributed by atoms with van der Waals surface area (Å²) in [5.41, 5.74) is 0.264. The number of aliphatic carboxylic acids is 2. The maximum Gasteiger partial charge on any atom is 0.339 e. The number of carboxylic acid groups (broad SMARTS) is 4. The van der Waals surface area contributed by atoms with Crippen LogP contribution in [-0.4, -0.2) is 60.6 Å². The summed E-state index contributed by atoms with van der Waals surface area (Å²) in [6.07, 6.45) is -2.54. The molecule has 0 saturated heterocycles. The van der Waals surface area contributed by atoms with Crippen molar-refractivity contribution >= 4 is 23.9 Å². The van der Waals surface area contributed by atoms with Crippen LogP contribution in [0.1, 0.15) is 27.1 Å². The lowest BCUT2D eigenvalue weighted by molar-refractivity contribution is -0.152. The first kappa shape index (κ1) is 24.1. The average molecular weight is 394 g/mol. The SMILES string of the molecule is O=C(O)CC(O)C(=O)O.O=C(O)c1ccccc1.O=C(O)c1ccccc1O. The molecule has 2 aromatic rings. The Morgan fingerprint density at radius 1 is 0.750 bits per heavy atom. The minimum absolute atomic E-state index is 0.0671. The molecule has 1 unspecified atom stereocenters. The molecule has 28 heavy (non-hydrogen) atoms. The van der Waals surface area contributed by atoms with E-state index in [2.05, 4.69) is 0 Å². The molecular formula is C18H18O10. The molecule has 150 valence electrons. The van der Waals surface area contributed by atoms with Crippen molar-refractivity contribution in [1.82, 2.24) is 0 Å². The van der Waals surface area contributed by atoms with Crippen LogP contribution in [0, 0.1) is 0 Å². The molecule has 2 rings (SSSR count). The first-order valence-corrected chi connectivity index (χ1v) is 7.48. The highest BCUT2D eigenvalue weighted by atomic mass is 16.4. The van der Waals surface area contributed by atoms with Crippen LogP contribution in [0.4, 0.5) is 0 Å². The van der Waals surface area contributed by atoms with E-state index in [1.165, 1.54) is 12.1 Å². The highest BCUT2D eigenvalue weighted by Gasteiger charge is 2.16. The molecule has 0 aliphatic carbocycles. The van der Waals surface area contributed by atoms with Crippen molar-refractivity contribution in [1.29, 1.82) is 0 Å². The quantitative estimate of drug-likeness (QED) is 0.432. The number of benzene rings is 2. The number of aliphatic hydroxyl groups is 1. The molecule has 0 aliphatic heterocycles. The Balaban J connectivity index is 0.000000392. The fourth-order valence-electron chi connectivity index (χ4n) is 1.49. The van der Waals surface area contributed by atoms with Crippen molar-refractivity contribution < 1.29 is 49.8 Å². The van der Waals surface area contributed by atoms with Gasteiger partial charge >= 0.3 is 23.9 Å². The molecule has 10 nitrogen and oxygen atoms in total. The van der Waals surface area contributed by atoms with E-state index in [9.17, 15) is 19.2 Å². The summed E-state index contributed by atoms with van der Waals surface area (Å²) in [7, 11) is 0. The first-order chi connectivity index (χ1) is 13.1. The second-order valence-electron chi connectivity index (χ2n) is 4.95. The topological polar surface area (TPSA) is 190 Å². The lowest BCUT2D eigenvalue weighted by atomic mass is 10.2. The molecule has 0 radical (unpaired) electrons. The zero-order valence-electron chi connectivity index (χ0n) is 14.3. The smallest absolute Gasteiger partial charge is 0.339 e. The Bertz CT molecular complexity index is 801. The summed E-state index contributed by atoms with van der Waals surface area (Å²) in [6, 6.07) is 14.1. The lowest BCUT2D eigenvalue weighted by Crippen LogP contribution is -2.22. The number of rotatable bonds is 5. The summed E-state index contributed by atoms with van der Waals surface area (Å²) in [5.74, 6) is -5.04. The van der Waals surface area contributed by atoms with Crippen LogP contribution < -0.4 is 0 Å². The number of hydrogen-bond acceptors (Lipinski definition) is 6. The van der Waals surface area contributed by atoms with Gasteiger partial charge in [-0.15, -0.1) is 0 Å². The number of carbonyl (C=O) groups is 4. The van der Waals surface area contributed by atoms with E-state index in [0.29, 0.717) is 5.56 Å². The van der Waals surface area contributed by atoms with Crippen LogP contribution in [0.15, 0.2) is 54.6 Å². The van der Waals surface area contributed by atoms with Gasteiger partial charge in [0.25, 0.3) is 0 Å². The van der Waals surface area contributed by atoms with Crippen LogP contribution in [0.2, 0.25) is 0 Å². The second-order valence-corrected chi connectivity index (χ2v) is 4.95. The van der Waals surface area contributed by atoms with Crippen molar-refractivity contribution in [2.24, 2.45) is 0 Å². The number of para-hydroxylation sites is 1. The Kier molecular flexibility index (Phi) is 10.7. The molecule has 2 aromatic carbocycles. The largest absolute Gasteiger partial charge is 0.507 e. The minimum Gasteiger partial charge on any atom is -0.507 e. The first-order valence-electron chi connectivity index (χ1n) is 7.48. The maximum atomic E-state index is 10.3. The van der Waals surface area contributed by atoms with Crippen LogP contribution >= 0.6 is 0 Å². The third-order valence-corrected chi connectivity index (χ3v) is 2.81. The highest BCUT2D eigenvalue weighted by molar-refractivity contribution is 5.90. The van der Waals surface area contributed by atoms with Gasteiger partial charge in [0.2, 0.25) is 0 Å². The van der Waals surface area contributed by atoms with Gasteiger partial charge in [-0.3, -0.25) is 4.79 Å². The van der Waals surface area contributed by atoms with Crippen LogP contribution in [0.3, 0.4) is 0 Å². The zero-order chi connectivity index (χ0) is 21.7. The molecule has 0 bridgehead atoms. The van der Waals surface area contributed by atoms with E-state index < -0.39 is 36.4 Å². The van der Waals surface area contributed by atoms with Gasteiger partial charge in [0, 0.05) is 0 Å². The van der Waals surface area contributed by atoms with E-state index in [0.717, 1.165) is 0 Å². The number of aromatic carboxylic acids is 2. The predicted molar refractivity (Wildman–Crippen MR) is 94.4 cm³/mol. The van der Waals surface area contributed by atoms with Crippen molar-refractivity contribution in [2.75, 3.05) is 0 Å². The third-order valence-electron chi connectivity index (χ3n) is 2.81. The van der Waals surface area contributed by atoms with Crippen molar-refractivity contribution in [3.63, 3.8) is 0 Å². The van der Waals surface area contributed by atoms with Crippen LogP contribution in [-0.2, 0) is 9.59 Å². The van der Waals surface area contributed by atoms with E-state index >= 15 is 0 Å². The van der Waals surface area contributed by atoms with E-state index in [1.54, 1.807) is 42.5 Å². The molecule has 0 amide bonds. The van der Waals surface area contributed by atoms with E-state index in [-0.39, 0.29) is 11.3 Å². The Morgan fingerprint density at radius 2 is 1.25 bits per heavy atom. The van der Waals surface area contributed by atoms with Crippen LogP contribution in [0.25, 0.3) is 0 Å². The standard InChI is InChI=1S/C7H6O3.C7H6O2.C4H6O5/c8-6-4-2-1-3-5(6)7(9)10;8-7(9)6-4-2-1-3-5-6;5-2(4(8)9)1-3(6)7/h1-4,8H,(H,9,10);1-5H,(H,8,9);2,5H,1H2,(H,6,7)(H,8,9). The van der Waals surface area contributed by atoms with Crippen molar-refractivity contribution in [3.05, 3.63) is 65.7 Å². The molecule has 0 aromatic heterocycles. The lowest BCUT2D eigenvalue weighted by Gasteiger charge is -1.97. The number of hydrogen-bond donors (Lipinski definition) is 6. The number of aliphatic hydroxyl groups excluding tert-OH is 1. The fraction of sp³-hybridized carbons (Fsp3) is 0.111. The Morgan fingerprint density at radius 3 is 1.54 bits per heavy atom. The van der Waals surface area contributed by atoms with Gasteiger partial charge in [-0.1, -0.05) is 30.3 Å². The summed E-state index contributed by atoms with van der Waals surface area (Å²) < 4.78 is 0. The normalized spacial score (nSPS) is 10.2. The van der Waals surface area contributed by atoms with E-state index in [1.807, 2.05) is 0 Å². The van der Waals surface area contributed by atoms with Gasteiger partial charge in [0.05, 0.1) is 12.0 Å². The molecule has 0 heterocycles. The fourth-order valence-corrected chi connectivity index (χ4v) is 1.49. The summed E-state index contributed by atoms with van der Waals surface area (Å²) >= 11 is 0. The molecule has 0 fully saturated rings. The highest BCUT2D eigenvalue weighted by Crippen LogP contribution is 2.14. The summed E-state index contributed by atoms with van der Waals surface area (Å²) in [4.78, 5) is 39.9. The molecule has 10 heteroatoms. The predicted octanol–water partition coefficient (Wildman–Crippen LogP) is 1.38. The Hall–Kier alpha value is -3.92. The van der Waals surface area contributed by atoms with Gasteiger partial charge in [-0.05, 0) is 24.3 Å². The number of carboxylic acids is 4. The van der Waals surface area contributed by atoms with Gasteiger partial charge in [-0.2, -0.15) is 0 Å². The van der Waals surface area contributed by atoms with Gasteiger partial charge in [0.1, 0.15) is 11.3 Å². The van der Waals surface area contributed by atoms with Gasteiger partial charge in [0.15, 0.2) is 6.10 Å². The molecule has 0 saturated carbocycles. The number of aromatic hydroxyl groups is 1. The average Bonchev–Trinajstić information content (AvgIpc) is 2.63. The van der Waals surface area contributed by atoms with Crippen LogP contribution in [0.5, 0.6) is 5.75 Å². The van der Waals surface area contributed by atoms with Gasteiger partial charge in [-0.25, -0.2) is 14.4 Å². The molecule has 6 N–H and O–H groups in total. The molecule has 0 aliphatic rings. The molecule has 1 atom stereocenters. The summed E-state index contributed by atoms with van der Waals surface area (Å²) in [6.45, 7) is 0. The third kappa shape index (κ3) is 10.2. The number of phenols is 1. The van der Waals surface area contributed by atoms with Crippen molar-refractivity contribution in [2.45, 2.75) is 12.5 Å². The maximum absolute atomic E-state index is 10.3. The monoisotopic (exact) mass is 394 g/mol. The Labute approximate surface area is 158 Å². The minimum atomic E-state index is -1.79. The van der Waals surface area contributed by atoms with E-state index in [4.69, 9.17) is 30.6 Å².